The molecule has 1 aromatic heterocycles. The van der Waals surface area contributed by atoms with Crippen LogP contribution in [0.4, 0.5) is 5.13 Å². The number of nitrogens with zero attached hydrogens (tertiary/aromatic N) is 1. The summed E-state index contributed by atoms with van der Waals surface area (Å²) in [6.45, 7) is 3.52. The second-order valence-electron chi connectivity index (χ2n) is 4.57. The highest BCUT2D eigenvalue weighted by Crippen LogP contribution is 2.23. The number of aromatic nitrogens is 1. The minimum Gasteiger partial charge on any atom is -0.465 e. The number of benzene rings is 1. The molecule has 0 fully saturated rings. The fourth-order valence-corrected chi connectivity index (χ4v) is 2.60. The summed E-state index contributed by atoms with van der Waals surface area (Å²) in [5.41, 5.74) is 1.73. The van der Waals surface area contributed by atoms with Gasteiger partial charge in [0.1, 0.15) is 4.88 Å². The molecule has 1 N–H and O–H groups in total. The molecule has 6 nitrogen and oxygen atoms in total. The molecule has 1 amide bonds. The van der Waals surface area contributed by atoms with Crippen LogP contribution in [0, 0.1) is 13.8 Å². The van der Waals surface area contributed by atoms with Gasteiger partial charge in [-0.15, -0.1) is 0 Å². The molecule has 1 heterocycles. The third-order valence-corrected chi connectivity index (χ3v) is 3.96. The van der Waals surface area contributed by atoms with E-state index in [4.69, 9.17) is 0 Å². The monoisotopic (exact) mass is 318 g/mol. The molecular formula is C15H14N2O4S. The number of ether oxygens (including phenoxy) is 1. The molecule has 0 radical (unpaired) electrons. The van der Waals surface area contributed by atoms with Gasteiger partial charge < -0.3 is 4.74 Å². The van der Waals surface area contributed by atoms with Crippen molar-refractivity contribution in [2.45, 2.75) is 13.8 Å². The molecule has 0 spiro atoms. The van der Waals surface area contributed by atoms with Gasteiger partial charge in [-0.1, -0.05) is 41.2 Å². The molecule has 0 aliphatic heterocycles. The maximum Gasteiger partial charge on any atom is 0.350 e. The molecule has 0 aliphatic carbocycles. The summed E-state index contributed by atoms with van der Waals surface area (Å²) in [6.07, 6.45) is 0. The Morgan fingerprint density at radius 1 is 1.14 bits per heavy atom. The fraction of sp³-hybridized carbons (Fsp3) is 0.200. The SMILES string of the molecule is COC(=O)c1sc(NC(=O)C(=O)c2ccc(C)cc2)nc1C. The van der Waals surface area contributed by atoms with E-state index in [0.717, 1.165) is 16.9 Å². The molecule has 1 aromatic carbocycles. The molecule has 114 valence electrons. The summed E-state index contributed by atoms with van der Waals surface area (Å²) in [4.78, 5) is 39.8. The number of anilines is 1. The zero-order valence-corrected chi connectivity index (χ0v) is 13.1. The van der Waals surface area contributed by atoms with E-state index in [0.29, 0.717) is 16.1 Å². The number of amides is 1. The van der Waals surface area contributed by atoms with Gasteiger partial charge in [-0.2, -0.15) is 0 Å². The first-order valence-corrected chi connectivity index (χ1v) is 7.22. The first-order chi connectivity index (χ1) is 10.4. The molecule has 2 rings (SSSR count). The zero-order valence-electron chi connectivity index (χ0n) is 12.3. The average molecular weight is 318 g/mol. The standard InChI is InChI=1S/C15H14N2O4S/c1-8-4-6-10(7-5-8)11(18)13(19)17-15-16-9(2)12(22-15)14(20)21-3/h4-7H,1-3H3,(H,16,17,19). The molecule has 0 saturated heterocycles. The van der Waals surface area contributed by atoms with Crippen molar-refractivity contribution >= 4 is 34.1 Å². The highest BCUT2D eigenvalue weighted by atomic mass is 32.1. The Morgan fingerprint density at radius 2 is 1.77 bits per heavy atom. The summed E-state index contributed by atoms with van der Waals surface area (Å²) in [5, 5.41) is 2.59. The van der Waals surface area contributed by atoms with E-state index in [1.165, 1.54) is 7.11 Å². The van der Waals surface area contributed by atoms with E-state index in [2.05, 4.69) is 15.0 Å². The lowest BCUT2D eigenvalue weighted by Crippen LogP contribution is -2.22. The van der Waals surface area contributed by atoms with Crippen molar-refractivity contribution in [2.24, 2.45) is 0 Å². The normalized spacial score (nSPS) is 10.1. The third-order valence-electron chi connectivity index (χ3n) is 2.91. The number of nitrogens with one attached hydrogen (secondary N) is 1. The highest BCUT2D eigenvalue weighted by Gasteiger charge is 2.20. The van der Waals surface area contributed by atoms with Crippen molar-refractivity contribution in [3.63, 3.8) is 0 Å². The maximum atomic E-state index is 12.0. The lowest BCUT2D eigenvalue weighted by atomic mass is 10.1. The number of aryl methyl sites for hydroxylation is 2. The van der Waals surface area contributed by atoms with Gasteiger partial charge in [-0.05, 0) is 13.8 Å². The zero-order chi connectivity index (χ0) is 16.3. The number of Topliss-reactive ketones (excluding diaryl/α,β-unsaturated/α-hetero) is 1. The van der Waals surface area contributed by atoms with Crippen LogP contribution in [0.25, 0.3) is 0 Å². The fourth-order valence-electron chi connectivity index (χ4n) is 1.72. The van der Waals surface area contributed by atoms with Gasteiger partial charge in [0.15, 0.2) is 5.13 Å². The maximum absolute atomic E-state index is 12.0. The molecule has 0 bridgehead atoms. The number of carbonyl (C=O) groups is 3. The van der Waals surface area contributed by atoms with Crippen molar-refractivity contribution < 1.29 is 19.1 Å². The predicted molar refractivity (Wildman–Crippen MR) is 82.3 cm³/mol. The number of carbonyl (C=O) groups excluding carboxylic acids is 3. The number of rotatable bonds is 4. The van der Waals surface area contributed by atoms with Crippen molar-refractivity contribution in [2.75, 3.05) is 12.4 Å². The largest absolute Gasteiger partial charge is 0.465 e. The van der Waals surface area contributed by atoms with Crippen LogP contribution in [-0.4, -0.2) is 29.8 Å². The van der Waals surface area contributed by atoms with Crippen LogP contribution in [0.5, 0.6) is 0 Å². The second kappa shape index (κ2) is 6.48. The lowest BCUT2D eigenvalue weighted by molar-refractivity contribution is -0.112. The minimum atomic E-state index is -0.797. The molecule has 2 aromatic rings. The van der Waals surface area contributed by atoms with Crippen molar-refractivity contribution in [1.82, 2.24) is 4.98 Å². The molecular weight excluding hydrogens is 304 g/mol. The van der Waals surface area contributed by atoms with E-state index in [1.807, 2.05) is 6.92 Å². The van der Waals surface area contributed by atoms with Gasteiger partial charge in [-0.25, -0.2) is 9.78 Å². The Morgan fingerprint density at radius 3 is 2.36 bits per heavy atom. The Hall–Kier alpha value is -2.54. The number of methoxy groups -OCH3 is 1. The number of ketones is 1. The quantitative estimate of drug-likeness (QED) is 0.531. The molecule has 7 heteroatoms. The average Bonchev–Trinajstić information content (AvgIpc) is 2.87. The van der Waals surface area contributed by atoms with Crippen LogP contribution < -0.4 is 5.32 Å². The summed E-state index contributed by atoms with van der Waals surface area (Å²) >= 11 is 0.966. The summed E-state index contributed by atoms with van der Waals surface area (Å²) in [7, 11) is 1.26. The molecule has 0 aliphatic rings. The van der Waals surface area contributed by atoms with Crippen molar-refractivity contribution in [3.8, 4) is 0 Å². The van der Waals surface area contributed by atoms with Crippen LogP contribution >= 0.6 is 11.3 Å². The highest BCUT2D eigenvalue weighted by molar-refractivity contribution is 7.17. The van der Waals surface area contributed by atoms with Crippen LogP contribution in [-0.2, 0) is 9.53 Å². The predicted octanol–water partition coefficient (Wildman–Crippen LogP) is 2.37. The summed E-state index contributed by atoms with van der Waals surface area (Å²) < 4.78 is 4.62. The first kappa shape index (κ1) is 15.8. The Kier molecular flexibility index (Phi) is 4.67. The Bertz CT molecular complexity index is 735. The summed E-state index contributed by atoms with van der Waals surface area (Å²) in [5.74, 6) is -1.98. The van der Waals surface area contributed by atoms with Gasteiger partial charge in [-0.3, -0.25) is 14.9 Å². The van der Waals surface area contributed by atoms with E-state index in [1.54, 1.807) is 31.2 Å². The second-order valence-corrected chi connectivity index (χ2v) is 5.57. The molecule has 0 atom stereocenters. The van der Waals surface area contributed by atoms with Gasteiger partial charge in [0.05, 0.1) is 12.8 Å². The first-order valence-electron chi connectivity index (χ1n) is 6.40. The Labute approximate surface area is 131 Å². The molecule has 0 unspecified atom stereocenters. The van der Waals surface area contributed by atoms with E-state index in [9.17, 15) is 14.4 Å². The van der Waals surface area contributed by atoms with Crippen molar-refractivity contribution in [3.05, 3.63) is 46.0 Å². The smallest absolute Gasteiger partial charge is 0.350 e. The summed E-state index contributed by atoms with van der Waals surface area (Å²) in [6, 6.07) is 6.68. The van der Waals surface area contributed by atoms with Gasteiger partial charge in [0.25, 0.3) is 11.7 Å². The lowest BCUT2D eigenvalue weighted by Gasteiger charge is -2.01. The van der Waals surface area contributed by atoms with Gasteiger partial charge in [0.2, 0.25) is 0 Å². The third kappa shape index (κ3) is 3.37. The van der Waals surface area contributed by atoms with E-state index < -0.39 is 17.7 Å². The van der Waals surface area contributed by atoms with Crippen LogP contribution in [0.1, 0.15) is 31.3 Å². The van der Waals surface area contributed by atoms with E-state index >= 15 is 0 Å². The minimum absolute atomic E-state index is 0.184. The number of esters is 1. The number of thiazole rings is 1. The van der Waals surface area contributed by atoms with Gasteiger partial charge in [0, 0.05) is 5.56 Å². The molecule has 0 saturated carbocycles. The Balaban J connectivity index is 2.13. The number of hydrogen-bond donors (Lipinski definition) is 1. The topological polar surface area (TPSA) is 85.4 Å². The van der Waals surface area contributed by atoms with E-state index in [-0.39, 0.29) is 5.13 Å². The molecule has 22 heavy (non-hydrogen) atoms. The number of hydrogen-bond acceptors (Lipinski definition) is 6. The van der Waals surface area contributed by atoms with Crippen LogP contribution in [0.15, 0.2) is 24.3 Å². The van der Waals surface area contributed by atoms with Crippen LogP contribution in [0.3, 0.4) is 0 Å². The van der Waals surface area contributed by atoms with Crippen molar-refractivity contribution in [1.29, 1.82) is 0 Å². The van der Waals surface area contributed by atoms with Gasteiger partial charge >= 0.3 is 5.97 Å². The van der Waals surface area contributed by atoms with Crippen LogP contribution in [0.2, 0.25) is 0 Å².